The third-order valence-corrected chi connectivity index (χ3v) is 4.93. The quantitative estimate of drug-likeness (QED) is 0.541. The second-order valence-electron chi connectivity index (χ2n) is 6.80. The molecule has 0 bridgehead atoms. The van der Waals surface area contributed by atoms with Gasteiger partial charge in [-0.3, -0.25) is 4.68 Å². The molecule has 0 radical (unpaired) electrons. The van der Waals surface area contributed by atoms with Crippen LogP contribution in [0.2, 0.25) is 0 Å². The summed E-state index contributed by atoms with van der Waals surface area (Å²) in [6.45, 7) is 0. The van der Waals surface area contributed by atoms with E-state index >= 15 is 0 Å². The molecular weight excluding hydrogens is 356 g/mol. The number of benzene rings is 1. The van der Waals surface area contributed by atoms with Crippen molar-refractivity contribution >= 4 is 0 Å². The minimum Gasteiger partial charge on any atom is -0.456 e. The van der Waals surface area contributed by atoms with Gasteiger partial charge in [0.2, 0.25) is 11.7 Å². The molecule has 28 heavy (non-hydrogen) atoms. The summed E-state index contributed by atoms with van der Waals surface area (Å²) in [4.78, 5) is 8.98. The number of aryl methyl sites for hydroxylation is 2. The molecule has 140 valence electrons. The zero-order valence-corrected chi connectivity index (χ0v) is 15.3. The topological polar surface area (TPSA) is 91.8 Å². The first-order valence-electron chi connectivity index (χ1n) is 9.16. The Labute approximate surface area is 161 Å². The van der Waals surface area contributed by atoms with Crippen molar-refractivity contribution in [1.82, 2.24) is 30.1 Å². The van der Waals surface area contributed by atoms with Crippen molar-refractivity contribution in [3.8, 4) is 23.0 Å². The van der Waals surface area contributed by atoms with E-state index in [1.54, 1.807) is 6.20 Å². The van der Waals surface area contributed by atoms with E-state index in [1.807, 2.05) is 54.2 Å². The minimum atomic E-state index is 0.173. The van der Waals surface area contributed by atoms with Gasteiger partial charge >= 0.3 is 0 Å². The molecule has 1 aliphatic carbocycles. The monoisotopic (exact) mass is 374 g/mol. The largest absolute Gasteiger partial charge is 0.456 e. The Morgan fingerprint density at radius 2 is 2.00 bits per heavy atom. The van der Waals surface area contributed by atoms with Crippen molar-refractivity contribution in [2.75, 3.05) is 0 Å². The normalized spacial score (nSPS) is 16.0. The second kappa shape index (κ2) is 6.88. The van der Waals surface area contributed by atoms with Crippen LogP contribution >= 0.6 is 0 Å². The highest BCUT2D eigenvalue weighted by molar-refractivity contribution is 5.49. The van der Waals surface area contributed by atoms with E-state index in [1.165, 1.54) is 0 Å². The Hall–Kier alpha value is -3.55. The van der Waals surface area contributed by atoms with Crippen LogP contribution in [0.25, 0.3) is 11.5 Å². The van der Waals surface area contributed by atoms with Gasteiger partial charge in [0.25, 0.3) is 0 Å². The number of hydrogen-bond donors (Lipinski definition) is 0. The summed E-state index contributed by atoms with van der Waals surface area (Å²) in [5.41, 5.74) is 2.85. The summed E-state index contributed by atoms with van der Waals surface area (Å²) in [6, 6.07) is 13.3. The van der Waals surface area contributed by atoms with Gasteiger partial charge < -0.3 is 9.26 Å². The zero-order chi connectivity index (χ0) is 18.9. The van der Waals surface area contributed by atoms with E-state index in [-0.39, 0.29) is 5.92 Å². The molecule has 1 aromatic carbocycles. The van der Waals surface area contributed by atoms with Gasteiger partial charge in [0.05, 0.1) is 17.6 Å². The van der Waals surface area contributed by atoms with Crippen LogP contribution in [0.15, 0.2) is 53.2 Å². The molecule has 1 atom stereocenters. The van der Waals surface area contributed by atoms with E-state index in [0.29, 0.717) is 23.2 Å². The Balaban J connectivity index is 1.32. The first kappa shape index (κ1) is 16.6. The molecule has 3 aromatic heterocycles. The Bertz CT molecular complexity index is 1090. The van der Waals surface area contributed by atoms with Crippen molar-refractivity contribution in [2.24, 2.45) is 7.05 Å². The first-order valence-corrected chi connectivity index (χ1v) is 9.16. The van der Waals surface area contributed by atoms with Crippen molar-refractivity contribution in [1.29, 1.82) is 0 Å². The molecule has 8 heteroatoms. The fraction of sp³-hybridized carbons (Fsp3) is 0.250. The summed E-state index contributed by atoms with van der Waals surface area (Å²) in [7, 11) is 1.91. The highest BCUT2D eigenvalue weighted by Crippen LogP contribution is 2.31. The van der Waals surface area contributed by atoms with Crippen LogP contribution in [-0.4, -0.2) is 30.1 Å². The summed E-state index contributed by atoms with van der Waals surface area (Å²) < 4.78 is 13.1. The molecule has 0 saturated heterocycles. The van der Waals surface area contributed by atoms with Gasteiger partial charge in [-0.1, -0.05) is 28.6 Å². The van der Waals surface area contributed by atoms with E-state index < -0.39 is 0 Å². The van der Waals surface area contributed by atoms with Gasteiger partial charge in [-0.05, 0) is 37.1 Å². The average molecular weight is 374 g/mol. The highest BCUT2D eigenvalue weighted by atomic mass is 16.5. The molecule has 0 spiro atoms. The number of rotatable bonds is 4. The summed E-state index contributed by atoms with van der Waals surface area (Å²) >= 11 is 0. The molecule has 5 rings (SSSR count). The Morgan fingerprint density at radius 3 is 2.82 bits per heavy atom. The summed E-state index contributed by atoms with van der Waals surface area (Å²) in [6.07, 6.45) is 4.25. The fourth-order valence-corrected chi connectivity index (χ4v) is 3.42. The molecule has 0 fully saturated rings. The predicted octanol–water partition coefficient (Wildman–Crippen LogP) is 3.32. The smallest absolute Gasteiger partial charge is 0.230 e. The number of nitrogens with zero attached hydrogens (tertiary/aromatic N) is 6. The molecule has 8 nitrogen and oxygen atoms in total. The van der Waals surface area contributed by atoms with Crippen LogP contribution in [-0.2, 0) is 19.9 Å². The number of pyridine rings is 1. The van der Waals surface area contributed by atoms with Crippen molar-refractivity contribution in [3.05, 3.63) is 65.9 Å². The lowest BCUT2D eigenvalue weighted by atomic mass is 9.89. The maximum atomic E-state index is 5.77. The van der Waals surface area contributed by atoms with Gasteiger partial charge in [-0.25, -0.2) is 4.98 Å². The van der Waals surface area contributed by atoms with Gasteiger partial charge in [-0.15, -0.1) is 5.10 Å². The zero-order valence-electron chi connectivity index (χ0n) is 15.3. The molecule has 0 aliphatic heterocycles. The first-order chi connectivity index (χ1) is 13.8. The number of ether oxygens (including phenoxy) is 1. The van der Waals surface area contributed by atoms with Gasteiger partial charge in [0.1, 0.15) is 17.2 Å². The van der Waals surface area contributed by atoms with Crippen LogP contribution in [0, 0.1) is 0 Å². The lowest BCUT2D eigenvalue weighted by Crippen LogP contribution is -2.15. The Kier molecular flexibility index (Phi) is 4.08. The standard InChI is InChI=1S/C20H18N6O2/c1-26-18-11-13(7-9-16(18)23-25-26)20-22-19(24-28-20)17-10-8-15(12-21-17)27-14-5-3-2-4-6-14/h2-6,8,10,12-13H,7,9,11H2,1H3. The third kappa shape index (κ3) is 3.13. The van der Waals surface area contributed by atoms with Crippen LogP contribution < -0.4 is 4.74 Å². The van der Waals surface area contributed by atoms with Crippen LogP contribution in [0.4, 0.5) is 0 Å². The number of fused-ring (bicyclic) bond motifs is 1. The van der Waals surface area contributed by atoms with E-state index in [2.05, 4.69) is 25.4 Å². The highest BCUT2D eigenvalue weighted by Gasteiger charge is 2.28. The van der Waals surface area contributed by atoms with Gasteiger partial charge in [0.15, 0.2) is 0 Å². The van der Waals surface area contributed by atoms with Crippen molar-refractivity contribution in [2.45, 2.75) is 25.2 Å². The van der Waals surface area contributed by atoms with Crippen LogP contribution in [0.3, 0.4) is 0 Å². The number of hydrogen-bond acceptors (Lipinski definition) is 7. The van der Waals surface area contributed by atoms with E-state index in [9.17, 15) is 0 Å². The molecule has 4 aromatic rings. The molecule has 0 saturated carbocycles. The minimum absolute atomic E-state index is 0.173. The van der Waals surface area contributed by atoms with Crippen molar-refractivity contribution < 1.29 is 9.26 Å². The Morgan fingerprint density at radius 1 is 1.11 bits per heavy atom. The molecular formula is C20H18N6O2. The average Bonchev–Trinajstić information content (AvgIpc) is 3.37. The molecule has 3 heterocycles. The number of para-hydroxylation sites is 1. The van der Waals surface area contributed by atoms with Gasteiger partial charge in [-0.2, -0.15) is 4.98 Å². The molecule has 1 aliphatic rings. The maximum Gasteiger partial charge on any atom is 0.230 e. The van der Waals surface area contributed by atoms with Crippen molar-refractivity contribution in [3.63, 3.8) is 0 Å². The van der Waals surface area contributed by atoms with E-state index in [0.717, 1.165) is 36.4 Å². The van der Waals surface area contributed by atoms with Gasteiger partial charge in [0, 0.05) is 19.4 Å². The summed E-state index contributed by atoms with van der Waals surface area (Å²) in [5.74, 6) is 2.71. The predicted molar refractivity (Wildman–Crippen MR) is 99.8 cm³/mol. The molecule has 0 amide bonds. The third-order valence-electron chi connectivity index (χ3n) is 4.93. The second-order valence-corrected chi connectivity index (χ2v) is 6.80. The lowest BCUT2D eigenvalue weighted by molar-refractivity contribution is 0.338. The van der Waals surface area contributed by atoms with E-state index in [4.69, 9.17) is 9.26 Å². The SMILES string of the molecule is Cn1nnc2c1CC(c1nc(-c3ccc(Oc4ccccc4)cn3)no1)CC2. The fourth-order valence-electron chi connectivity index (χ4n) is 3.42. The summed E-state index contributed by atoms with van der Waals surface area (Å²) in [5, 5.41) is 12.4. The maximum absolute atomic E-state index is 5.77. The number of aromatic nitrogens is 6. The lowest BCUT2D eigenvalue weighted by Gasteiger charge is -2.17. The molecule has 1 unspecified atom stereocenters. The van der Waals surface area contributed by atoms with Crippen LogP contribution in [0.1, 0.15) is 29.6 Å². The molecule has 0 N–H and O–H groups in total. The van der Waals surface area contributed by atoms with Crippen LogP contribution in [0.5, 0.6) is 11.5 Å².